The highest BCUT2D eigenvalue weighted by atomic mass is 35.5. The van der Waals surface area contributed by atoms with E-state index in [4.69, 9.17) is 16.3 Å². The van der Waals surface area contributed by atoms with Crippen molar-refractivity contribution < 1.29 is 27.4 Å². The lowest BCUT2D eigenvalue weighted by molar-refractivity contribution is -0.274. The molecule has 41 heavy (non-hydrogen) atoms. The van der Waals surface area contributed by atoms with Crippen molar-refractivity contribution in [2.75, 3.05) is 13.1 Å². The lowest BCUT2D eigenvalue weighted by Crippen LogP contribution is -2.43. The van der Waals surface area contributed by atoms with Gasteiger partial charge in [-0.3, -0.25) is 4.79 Å². The predicted molar refractivity (Wildman–Crippen MR) is 147 cm³/mol. The molecule has 1 N–H and O–H groups in total. The Hall–Kier alpha value is -3.80. The second kappa shape index (κ2) is 10.9. The van der Waals surface area contributed by atoms with Crippen molar-refractivity contribution in [3.05, 3.63) is 63.3 Å². The van der Waals surface area contributed by atoms with E-state index in [2.05, 4.69) is 19.8 Å². The number of fused-ring (bicyclic) bond motifs is 2. The Balaban J connectivity index is 1.38. The molecule has 13 heteroatoms. The summed E-state index contributed by atoms with van der Waals surface area (Å²) >= 11 is 5.99. The first-order valence-electron chi connectivity index (χ1n) is 13.2. The molecule has 0 unspecified atom stereocenters. The minimum Gasteiger partial charge on any atom is -0.444 e. The molecule has 9 nitrogen and oxygen atoms in total. The van der Waals surface area contributed by atoms with E-state index < -0.39 is 17.7 Å². The van der Waals surface area contributed by atoms with Gasteiger partial charge in [0.2, 0.25) is 0 Å². The number of carbonyl (C=O) groups is 1. The van der Waals surface area contributed by atoms with Gasteiger partial charge in [-0.2, -0.15) is 5.10 Å². The molecule has 1 aliphatic rings. The number of hydrogen-bond donors (Lipinski definition) is 1. The molecular weight excluding hydrogens is 563 g/mol. The molecule has 4 aromatic rings. The van der Waals surface area contributed by atoms with E-state index >= 15 is 0 Å². The number of aromatic nitrogens is 4. The Morgan fingerprint density at radius 3 is 2.46 bits per heavy atom. The van der Waals surface area contributed by atoms with Crippen LogP contribution >= 0.6 is 11.6 Å². The Bertz CT molecular complexity index is 1650. The summed E-state index contributed by atoms with van der Waals surface area (Å²) in [5, 5.41) is 5.64. The maximum Gasteiger partial charge on any atom is 0.573 e. The normalized spacial score (nSPS) is 15.0. The van der Waals surface area contributed by atoms with Gasteiger partial charge in [-0.1, -0.05) is 29.8 Å². The standard InChI is InChI=1S/C28H29ClF3N5O4/c1-27(2,3)41-26(39)36-10-8-16(9-11-36)15-37-25(38)18-7-5-4-6-17(18)20(35-37)14-24-33-21-12-19(29)23(13-22(21)34-24)40-28(30,31)32/h4-7,12-13,16H,8-11,14-15H2,1-3H3,(H,33,34). The minimum atomic E-state index is -4.89. The Kier molecular flexibility index (Phi) is 7.62. The van der Waals surface area contributed by atoms with Crippen LogP contribution in [0.5, 0.6) is 5.75 Å². The van der Waals surface area contributed by atoms with Crippen molar-refractivity contribution in [1.29, 1.82) is 0 Å². The molecule has 0 aliphatic carbocycles. The van der Waals surface area contributed by atoms with Crippen LogP contribution in [0.3, 0.4) is 0 Å². The number of halogens is 4. The second-order valence-corrected chi connectivity index (χ2v) is 11.5. The van der Waals surface area contributed by atoms with E-state index in [0.29, 0.717) is 60.3 Å². The first-order chi connectivity index (χ1) is 19.3. The van der Waals surface area contributed by atoms with E-state index in [1.54, 1.807) is 23.1 Å². The summed E-state index contributed by atoms with van der Waals surface area (Å²) in [7, 11) is 0. The number of likely N-dealkylation sites (tertiary alicyclic amines) is 1. The quantitative estimate of drug-likeness (QED) is 0.303. The highest BCUT2D eigenvalue weighted by Crippen LogP contribution is 2.33. The maximum absolute atomic E-state index is 13.3. The summed E-state index contributed by atoms with van der Waals surface area (Å²) < 4.78 is 49.2. The van der Waals surface area contributed by atoms with Crippen LogP contribution in [0.15, 0.2) is 41.2 Å². The number of nitrogens with one attached hydrogen (secondary N) is 1. The van der Waals surface area contributed by atoms with E-state index in [1.807, 2.05) is 26.8 Å². The van der Waals surface area contributed by atoms with Crippen LogP contribution < -0.4 is 10.3 Å². The number of alkyl halides is 3. The van der Waals surface area contributed by atoms with Gasteiger partial charge >= 0.3 is 12.5 Å². The molecule has 218 valence electrons. The fourth-order valence-corrected chi connectivity index (χ4v) is 5.14. The summed E-state index contributed by atoms with van der Waals surface area (Å²) in [4.78, 5) is 34.9. The predicted octanol–water partition coefficient (Wildman–Crippen LogP) is 6.06. The summed E-state index contributed by atoms with van der Waals surface area (Å²) in [6.45, 7) is 6.91. The number of piperidine rings is 1. The third kappa shape index (κ3) is 6.75. The van der Waals surface area contributed by atoms with Gasteiger partial charge < -0.3 is 19.4 Å². The third-order valence-corrected chi connectivity index (χ3v) is 7.08. The van der Waals surface area contributed by atoms with Crippen molar-refractivity contribution in [1.82, 2.24) is 24.6 Å². The zero-order valence-corrected chi connectivity index (χ0v) is 23.5. The van der Waals surface area contributed by atoms with Crippen LogP contribution in [-0.4, -0.2) is 55.8 Å². The van der Waals surface area contributed by atoms with Crippen molar-refractivity contribution in [3.8, 4) is 5.75 Å². The summed E-state index contributed by atoms with van der Waals surface area (Å²) in [6.07, 6.45) is -3.65. The molecule has 0 saturated carbocycles. The number of aromatic amines is 1. The number of benzene rings is 2. The van der Waals surface area contributed by atoms with Gasteiger partial charge in [-0.05, 0) is 51.7 Å². The van der Waals surface area contributed by atoms with Gasteiger partial charge in [0.1, 0.15) is 17.2 Å². The number of rotatable bonds is 5. The lowest BCUT2D eigenvalue weighted by atomic mass is 9.97. The van der Waals surface area contributed by atoms with E-state index in [-0.39, 0.29) is 34.5 Å². The number of amides is 1. The van der Waals surface area contributed by atoms with Crippen molar-refractivity contribution in [2.45, 2.75) is 58.5 Å². The van der Waals surface area contributed by atoms with Crippen LogP contribution in [0.2, 0.25) is 5.02 Å². The molecule has 0 spiro atoms. The second-order valence-electron chi connectivity index (χ2n) is 11.1. The SMILES string of the molecule is CC(C)(C)OC(=O)N1CCC(Cn2nc(Cc3nc4cc(OC(F)(F)F)c(Cl)cc4[nH]3)c3ccccc3c2=O)CC1. The lowest BCUT2D eigenvalue weighted by Gasteiger charge is -2.33. The van der Waals surface area contributed by atoms with Gasteiger partial charge in [0.15, 0.2) is 0 Å². The van der Waals surface area contributed by atoms with Crippen molar-refractivity contribution >= 4 is 39.5 Å². The first kappa shape index (κ1) is 28.7. The van der Waals surface area contributed by atoms with E-state index in [9.17, 15) is 22.8 Å². The van der Waals surface area contributed by atoms with Crippen molar-refractivity contribution in [2.24, 2.45) is 5.92 Å². The zero-order valence-electron chi connectivity index (χ0n) is 22.7. The molecule has 1 amide bonds. The maximum atomic E-state index is 13.3. The molecule has 0 atom stereocenters. The van der Waals surface area contributed by atoms with Gasteiger partial charge in [0, 0.05) is 31.1 Å². The van der Waals surface area contributed by atoms with Gasteiger partial charge in [-0.15, -0.1) is 13.2 Å². The smallest absolute Gasteiger partial charge is 0.444 e. The van der Waals surface area contributed by atoms with E-state index in [1.165, 1.54) is 10.7 Å². The third-order valence-electron chi connectivity index (χ3n) is 6.79. The van der Waals surface area contributed by atoms with Crippen molar-refractivity contribution in [3.63, 3.8) is 0 Å². The average molecular weight is 592 g/mol. The minimum absolute atomic E-state index is 0.133. The van der Waals surface area contributed by atoms with E-state index in [0.717, 1.165) is 6.07 Å². The summed E-state index contributed by atoms with van der Waals surface area (Å²) in [5.41, 5.74) is 0.484. The number of carbonyl (C=O) groups excluding carboxylic acids is 1. The molecule has 1 saturated heterocycles. The monoisotopic (exact) mass is 591 g/mol. The molecule has 1 fully saturated rings. The van der Waals surface area contributed by atoms with Gasteiger partial charge in [0.05, 0.1) is 33.6 Å². The van der Waals surface area contributed by atoms with Crippen LogP contribution in [0.1, 0.15) is 45.1 Å². The largest absolute Gasteiger partial charge is 0.573 e. The molecule has 5 rings (SSSR count). The zero-order chi connectivity index (χ0) is 29.5. The Labute approximate surface area is 238 Å². The number of ether oxygens (including phenoxy) is 2. The highest BCUT2D eigenvalue weighted by Gasteiger charge is 2.32. The molecule has 0 radical (unpaired) electrons. The van der Waals surface area contributed by atoms with Gasteiger partial charge in [-0.25, -0.2) is 14.5 Å². The highest BCUT2D eigenvalue weighted by molar-refractivity contribution is 6.32. The molecule has 0 bridgehead atoms. The fraction of sp³-hybridized carbons (Fsp3) is 0.429. The Morgan fingerprint density at radius 2 is 1.80 bits per heavy atom. The summed E-state index contributed by atoms with van der Waals surface area (Å²) in [6, 6.07) is 9.58. The number of H-pyrrole nitrogens is 1. The fourth-order valence-electron chi connectivity index (χ4n) is 4.94. The van der Waals surface area contributed by atoms with Gasteiger partial charge in [0.25, 0.3) is 5.56 Å². The molecule has 2 aromatic carbocycles. The van der Waals surface area contributed by atoms with Crippen LogP contribution in [-0.2, 0) is 17.7 Å². The average Bonchev–Trinajstić information content (AvgIpc) is 3.26. The van der Waals surface area contributed by atoms with Crippen LogP contribution in [0, 0.1) is 5.92 Å². The number of nitrogens with zero attached hydrogens (tertiary/aromatic N) is 4. The Morgan fingerprint density at radius 1 is 1.12 bits per heavy atom. The molecule has 2 aromatic heterocycles. The number of imidazole rings is 1. The molecule has 1 aliphatic heterocycles. The van der Waals surface area contributed by atoms with Crippen LogP contribution in [0.25, 0.3) is 21.8 Å². The molecule has 3 heterocycles. The number of hydrogen-bond acceptors (Lipinski definition) is 6. The first-order valence-corrected chi connectivity index (χ1v) is 13.5. The summed E-state index contributed by atoms with van der Waals surface area (Å²) in [5.74, 6) is 0.0293. The topological polar surface area (TPSA) is 102 Å². The molecular formula is C28H29ClF3N5O4. The van der Waals surface area contributed by atoms with Crippen LogP contribution in [0.4, 0.5) is 18.0 Å².